The number of carbonyl (C=O) groups excluding carboxylic acids is 1. The average Bonchev–Trinajstić information content (AvgIpc) is 2.34. The van der Waals surface area contributed by atoms with E-state index in [4.69, 9.17) is 5.26 Å². The van der Waals surface area contributed by atoms with Gasteiger partial charge in [-0.05, 0) is 28.1 Å². The number of nitrogens with zero attached hydrogens (tertiary/aromatic N) is 2. The molecule has 0 saturated carbocycles. The average molecular weight is 311 g/mol. The van der Waals surface area contributed by atoms with Gasteiger partial charge in [-0.3, -0.25) is 0 Å². The molecule has 18 heavy (non-hydrogen) atoms. The molecule has 2 N–H and O–H groups in total. The van der Waals surface area contributed by atoms with Gasteiger partial charge in [0.25, 0.3) is 0 Å². The van der Waals surface area contributed by atoms with Crippen LogP contribution in [0.1, 0.15) is 5.56 Å². The molecule has 1 aromatic carbocycles. The molecule has 0 unspecified atom stereocenters. The van der Waals surface area contributed by atoms with E-state index in [1.165, 1.54) is 4.90 Å². The minimum Gasteiger partial charge on any atom is -0.382 e. The summed E-state index contributed by atoms with van der Waals surface area (Å²) in [7, 11) is 3.37. The van der Waals surface area contributed by atoms with Gasteiger partial charge < -0.3 is 15.5 Å². The molecular formula is C12H15BrN4O. The van der Waals surface area contributed by atoms with Crippen LogP contribution in [0.3, 0.4) is 0 Å². The van der Waals surface area contributed by atoms with Gasteiger partial charge in [0, 0.05) is 31.7 Å². The topological polar surface area (TPSA) is 68.2 Å². The molecule has 96 valence electrons. The standard InChI is InChI=1S/C12H15BrN4O/c1-17(2)12(18)16-7-6-15-11-5-3-4-10(13)9(11)8-14/h3-5,15H,6-7H2,1-2H3,(H,16,18). The highest BCUT2D eigenvalue weighted by Crippen LogP contribution is 2.23. The molecule has 0 aliphatic carbocycles. The Morgan fingerprint density at radius 3 is 2.78 bits per heavy atom. The fraction of sp³-hybridized carbons (Fsp3) is 0.333. The molecule has 0 heterocycles. The van der Waals surface area contributed by atoms with Crippen molar-refractivity contribution in [3.63, 3.8) is 0 Å². The zero-order chi connectivity index (χ0) is 13.5. The van der Waals surface area contributed by atoms with Gasteiger partial charge in [0.05, 0.1) is 11.3 Å². The van der Waals surface area contributed by atoms with Crippen molar-refractivity contribution in [3.05, 3.63) is 28.2 Å². The van der Waals surface area contributed by atoms with Crippen molar-refractivity contribution < 1.29 is 4.79 Å². The number of hydrogen-bond acceptors (Lipinski definition) is 3. The van der Waals surface area contributed by atoms with Crippen LogP contribution in [-0.4, -0.2) is 38.1 Å². The van der Waals surface area contributed by atoms with E-state index in [1.54, 1.807) is 14.1 Å². The van der Waals surface area contributed by atoms with Gasteiger partial charge in [-0.2, -0.15) is 5.26 Å². The molecule has 1 rings (SSSR count). The van der Waals surface area contributed by atoms with Crippen LogP contribution in [0, 0.1) is 11.3 Å². The third-order valence-electron chi connectivity index (χ3n) is 2.25. The summed E-state index contributed by atoms with van der Waals surface area (Å²) in [6, 6.07) is 7.49. The van der Waals surface area contributed by atoms with E-state index in [0.717, 1.165) is 10.2 Å². The van der Waals surface area contributed by atoms with Crippen LogP contribution in [-0.2, 0) is 0 Å². The minimum absolute atomic E-state index is 0.133. The summed E-state index contributed by atoms with van der Waals surface area (Å²) in [6.07, 6.45) is 0. The molecule has 0 spiro atoms. The Labute approximate surface area is 115 Å². The monoisotopic (exact) mass is 310 g/mol. The van der Waals surface area contributed by atoms with Crippen molar-refractivity contribution in [3.8, 4) is 6.07 Å². The lowest BCUT2D eigenvalue weighted by Crippen LogP contribution is -2.37. The van der Waals surface area contributed by atoms with Crippen LogP contribution < -0.4 is 10.6 Å². The first-order valence-corrected chi connectivity index (χ1v) is 6.23. The fourth-order valence-electron chi connectivity index (χ4n) is 1.31. The zero-order valence-corrected chi connectivity index (χ0v) is 11.9. The highest BCUT2D eigenvalue weighted by atomic mass is 79.9. The molecule has 0 fully saturated rings. The summed E-state index contributed by atoms with van der Waals surface area (Å²) in [6.45, 7) is 1.05. The van der Waals surface area contributed by atoms with E-state index >= 15 is 0 Å². The summed E-state index contributed by atoms with van der Waals surface area (Å²) in [5.41, 5.74) is 1.32. The quantitative estimate of drug-likeness (QED) is 0.836. The van der Waals surface area contributed by atoms with Gasteiger partial charge in [-0.15, -0.1) is 0 Å². The van der Waals surface area contributed by atoms with Crippen molar-refractivity contribution in [1.82, 2.24) is 10.2 Å². The number of hydrogen-bond donors (Lipinski definition) is 2. The summed E-state index contributed by atoms with van der Waals surface area (Å²) in [5.74, 6) is 0. The maximum atomic E-state index is 11.3. The predicted molar refractivity (Wildman–Crippen MR) is 74.4 cm³/mol. The number of urea groups is 1. The summed E-state index contributed by atoms with van der Waals surface area (Å²) in [5, 5.41) is 14.9. The molecule has 2 amide bonds. The number of benzene rings is 1. The number of rotatable bonds is 4. The van der Waals surface area contributed by atoms with Gasteiger partial charge in [0.2, 0.25) is 0 Å². The molecule has 6 heteroatoms. The molecule has 0 radical (unpaired) electrons. The highest BCUT2D eigenvalue weighted by Gasteiger charge is 2.05. The van der Waals surface area contributed by atoms with Crippen LogP contribution in [0.4, 0.5) is 10.5 Å². The van der Waals surface area contributed by atoms with E-state index in [1.807, 2.05) is 18.2 Å². The molecule has 0 atom stereocenters. The Kier molecular flexibility index (Phi) is 5.46. The Bertz CT molecular complexity index is 468. The number of halogens is 1. The van der Waals surface area contributed by atoms with Crippen molar-refractivity contribution in [2.45, 2.75) is 0 Å². The molecule has 1 aromatic rings. The Morgan fingerprint density at radius 1 is 1.44 bits per heavy atom. The van der Waals surface area contributed by atoms with Crippen LogP contribution in [0.25, 0.3) is 0 Å². The Morgan fingerprint density at radius 2 is 2.17 bits per heavy atom. The first kappa shape index (κ1) is 14.3. The van der Waals surface area contributed by atoms with Crippen LogP contribution in [0.2, 0.25) is 0 Å². The Balaban J connectivity index is 2.48. The lowest BCUT2D eigenvalue weighted by molar-refractivity contribution is 0.218. The van der Waals surface area contributed by atoms with Gasteiger partial charge in [-0.1, -0.05) is 6.07 Å². The minimum atomic E-state index is -0.133. The summed E-state index contributed by atoms with van der Waals surface area (Å²) in [4.78, 5) is 12.7. The molecule has 0 aliphatic heterocycles. The number of carbonyl (C=O) groups is 1. The second-order valence-corrected chi connectivity index (χ2v) is 4.68. The van der Waals surface area contributed by atoms with Gasteiger partial charge >= 0.3 is 6.03 Å². The van der Waals surface area contributed by atoms with Crippen molar-refractivity contribution in [2.75, 3.05) is 32.5 Å². The summed E-state index contributed by atoms with van der Waals surface area (Å²) >= 11 is 3.32. The maximum absolute atomic E-state index is 11.3. The predicted octanol–water partition coefficient (Wildman–Crippen LogP) is 2.00. The second kappa shape index (κ2) is 6.87. The lowest BCUT2D eigenvalue weighted by Gasteiger charge is -2.13. The number of anilines is 1. The third kappa shape index (κ3) is 3.93. The van der Waals surface area contributed by atoms with Gasteiger partial charge in [-0.25, -0.2) is 4.79 Å². The summed E-state index contributed by atoms with van der Waals surface area (Å²) < 4.78 is 0.757. The van der Waals surface area contributed by atoms with E-state index in [-0.39, 0.29) is 6.03 Å². The number of nitrogens with one attached hydrogen (secondary N) is 2. The smallest absolute Gasteiger partial charge is 0.316 e. The van der Waals surface area contributed by atoms with Crippen molar-refractivity contribution >= 4 is 27.6 Å². The molecule has 0 bridgehead atoms. The maximum Gasteiger partial charge on any atom is 0.316 e. The van der Waals surface area contributed by atoms with Crippen molar-refractivity contribution in [1.29, 1.82) is 5.26 Å². The lowest BCUT2D eigenvalue weighted by atomic mass is 10.2. The second-order valence-electron chi connectivity index (χ2n) is 3.83. The highest BCUT2D eigenvalue weighted by molar-refractivity contribution is 9.10. The van der Waals surface area contributed by atoms with E-state index < -0.39 is 0 Å². The molecule has 5 nitrogen and oxygen atoms in total. The van der Waals surface area contributed by atoms with Crippen LogP contribution in [0.5, 0.6) is 0 Å². The van der Waals surface area contributed by atoms with Gasteiger partial charge in [0.1, 0.15) is 6.07 Å². The number of amides is 2. The Hall–Kier alpha value is -1.74. The fourth-order valence-corrected chi connectivity index (χ4v) is 1.76. The van der Waals surface area contributed by atoms with Crippen LogP contribution in [0.15, 0.2) is 22.7 Å². The number of nitriles is 1. The molecule has 0 saturated heterocycles. The van der Waals surface area contributed by atoms with E-state index in [0.29, 0.717) is 18.7 Å². The van der Waals surface area contributed by atoms with E-state index in [2.05, 4.69) is 32.6 Å². The first-order chi connectivity index (χ1) is 8.56. The molecule has 0 aromatic heterocycles. The largest absolute Gasteiger partial charge is 0.382 e. The molecule has 0 aliphatic rings. The van der Waals surface area contributed by atoms with Crippen molar-refractivity contribution in [2.24, 2.45) is 0 Å². The first-order valence-electron chi connectivity index (χ1n) is 5.44. The third-order valence-corrected chi connectivity index (χ3v) is 2.91. The zero-order valence-electron chi connectivity index (χ0n) is 10.3. The normalized spacial score (nSPS) is 9.44. The van der Waals surface area contributed by atoms with Crippen LogP contribution >= 0.6 is 15.9 Å². The van der Waals surface area contributed by atoms with Gasteiger partial charge in [0.15, 0.2) is 0 Å². The molecular weight excluding hydrogens is 296 g/mol. The van der Waals surface area contributed by atoms with E-state index in [9.17, 15) is 4.79 Å². The SMILES string of the molecule is CN(C)C(=O)NCCNc1cccc(Br)c1C#N.